The minimum absolute atomic E-state index is 0.574. The van der Waals surface area contributed by atoms with Gasteiger partial charge in [-0.25, -0.2) is 4.98 Å². The molecular formula is C17H16N2O2. The highest BCUT2D eigenvalue weighted by Crippen LogP contribution is 2.26. The van der Waals surface area contributed by atoms with Gasteiger partial charge in [0.15, 0.2) is 5.76 Å². The summed E-state index contributed by atoms with van der Waals surface area (Å²) in [4.78, 5) is 8.36. The third-order valence-electron chi connectivity index (χ3n) is 3.03. The van der Waals surface area contributed by atoms with Crippen molar-refractivity contribution in [2.24, 2.45) is 0 Å². The van der Waals surface area contributed by atoms with Crippen molar-refractivity contribution in [1.82, 2.24) is 9.97 Å². The summed E-state index contributed by atoms with van der Waals surface area (Å²) in [7, 11) is 0. The van der Waals surface area contributed by atoms with Crippen molar-refractivity contribution in [1.29, 1.82) is 0 Å². The molecule has 1 aromatic carbocycles. The molecule has 2 heterocycles. The second-order valence-corrected chi connectivity index (χ2v) is 4.64. The zero-order valence-electron chi connectivity index (χ0n) is 11.8. The van der Waals surface area contributed by atoms with E-state index in [2.05, 4.69) is 16.9 Å². The second kappa shape index (κ2) is 6.22. The van der Waals surface area contributed by atoms with E-state index < -0.39 is 0 Å². The van der Waals surface area contributed by atoms with Gasteiger partial charge in [0, 0.05) is 18.0 Å². The molecule has 0 fully saturated rings. The van der Waals surface area contributed by atoms with Gasteiger partial charge in [-0.3, -0.25) is 4.98 Å². The quantitative estimate of drug-likeness (QED) is 0.703. The largest absolute Gasteiger partial charge is 0.494 e. The van der Waals surface area contributed by atoms with Gasteiger partial charge in [0.05, 0.1) is 18.4 Å². The fraction of sp³-hybridized carbons (Fsp3) is 0.176. The summed E-state index contributed by atoms with van der Waals surface area (Å²) >= 11 is 0. The van der Waals surface area contributed by atoms with Crippen LogP contribution in [-0.2, 0) is 0 Å². The number of aromatic nitrogens is 2. The predicted octanol–water partition coefficient (Wildman–Crippen LogP) is 4.19. The summed E-state index contributed by atoms with van der Waals surface area (Å²) < 4.78 is 11.4. The van der Waals surface area contributed by atoms with Crippen LogP contribution in [0.5, 0.6) is 5.75 Å². The van der Waals surface area contributed by atoms with Gasteiger partial charge in [0.2, 0.25) is 5.89 Å². The van der Waals surface area contributed by atoms with Gasteiger partial charge in [0.1, 0.15) is 5.75 Å². The molecule has 3 rings (SSSR count). The molecule has 0 saturated heterocycles. The highest BCUT2D eigenvalue weighted by atomic mass is 16.5. The number of pyridine rings is 1. The summed E-state index contributed by atoms with van der Waals surface area (Å²) in [6.45, 7) is 2.82. The number of benzene rings is 1. The van der Waals surface area contributed by atoms with Crippen molar-refractivity contribution in [2.75, 3.05) is 6.61 Å². The van der Waals surface area contributed by atoms with Gasteiger partial charge in [-0.15, -0.1) is 0 Å². The molecule has 0 saturated carbocycles. The molecule has 0 aliphatic carbocycles. The van der Waals surface area contributed by atoms with Gasteiger partial charge >= 0.3 is 0 Å². The molecule has 4 nitrogen and oxygen atoms in total. The predicted molar refractivity (Wildman–Crippen MR) is 81.0 cm³/mol. The smallest absolute Gasteiger partial charge is 0.228 e. The highest BCUT2D eigenvalue weighted by Gasteiger charge is 2.08. The van der Waals surface area contributed by atoms with Crippen molar-refractivity contribution in [3.8, 4) is 28.5 Å². The molecular weight excluding hydrogens is 264 g/mol. The van der Waals surface area contributed by atoms with E-state index in [4.69, 9.17) is 9.15 Å². The molecule has 2 aromatic heterocycles. The SMILES string of the molecule is CCCOc1ccc(-c2cnc(-c3cccnc3)o2)cc1. The average Bonchev–Trinajstić information content (AvgIpc) is 3.04. The molecule has 21 heavy (non-hydrogen) atoms. The van der Waals surface area contributed by atoms with Crippen LogP contribution in [0.2, 0.25) is 0 Å². The van der Waals surface area contributed by atoms with E-state index in [0.29, 0.717) is 5.89 Å². The first-order valence-electron chi connectivity index (χ1n) is 6.96. The number of nitrogens with zero attached hydrogens (tertiary/aromatic N) is 2. The number of hydrogen-bond donors (Lipinski definition) is 0. The van der Waals surface area contributed by atoms with Crippen LogP contribution >= 0.6 is 0 Å². The van der Waals surface area contributed by atoms with Crippen LogP contribution in [0.25, 0.3) is 22.8 Å². The van der Waals surface area contributed by atoms with Crippen molar-refractivity contribution in [3.63, 3.8) is 0 Å². The monoisotopic (exact) mass is 280 g/mol. The normalized spacial score (nSPS) is 10.5. The lowest BCUT2D eigenvalue weighted by molar-refractivity contribution is 0.317. The minimum Gasteiger partial charge on any atom is -0.494 e. The summed E-state index contributed by atoms with van der Waals surface area (Å²) in [5.41, 5.74) is 1.84. The van der Waals surface area contributed by atoms with Crippen LogP contribution in [0.4, 0.5) is 0 Å². The Labute approximate surface area is 123 Å². The van der Waals surface area contributed by atoms with E-state index in [9.17, 15) is 0 Å². The third-order valence-corrected chi connectivity index (χ3v) is 3.03. The lowest BCUT2D eigenvalue weighted by atomic mass is 10.2. The molecule has 0 unspecified atom stereocenters. The third kappa shape index (κ3) is 3.11. The van der Waals surface area contributed by atoms with Crippen LogP contribution in [0, 0.1) is 0 Å². The van der Waals surface area contributed by atoms with Gasteiger partial charge in [-0.2, -0.15) is 0 Å². The number of rotatable bonds is 5. The Kier molecular flexibility index (Phi) is 3.96. The van der Waals surface area contributed by atoms with Crippen LogP contribution in [0.3, 0.4) is 0 Å². The molecule has 0 amide bonds. The van der Waals surface area contributed by atoms with E-state index in [1.165, 1.54) is 0 Å². The summed E-state index contributed by atoms with van der Waals surface area (Å²) in [5.74, 6) is 2.17. The Morgan fingerprint density at radius 3 is 2.62 bits per heavy atom. The first-order valence-corrected chi connectivity index (χ1v) is 6.96. The second-order valence-electron chi connectivity index (χ2n) is 4.64. The molecule has 0 atom stereocenters. The lowest BCUT2D eigenvalue weighted by Crippen LogP contribution is -1.94. The fourth-order valence-electron chi connectivity index (χ4n) is 1.97. The van der Waals surface area contributed by atoms with E-state index in [1.807, 2.05) is 36.4 Å². The fourth-order valence-corrected chi connectivity index (χ4v) is 1.97. The molecule has 0 aliphatic heterocycles. The molecule has 4 heteroatoms. The number of hydrogen-bond acceptors (Lipinski definition) is 4. The van der Waals surface area contributed by atoms with Crippen molar-refractivity contribution in [3.05, 3.63) is 55.0 Å². The number of ether oxygens (including phenoxy) is 1. The van der Waals surface area contributed by atoms with E-state index in [0.717, 1.165) is 35.7 Å². The highest BCUT2D eigenvalue weighted by molar-refractivity contribution is 5.61. The summed E-state index contributed by atoms with van der Waals surface area (Å²) in [5, 5.41) is 0. The number of oxazole rings is 1. The van der Waals surface area contributed by atoms with Crippen molar-refractivity contribution in [2.45, 2.75) is 13.3 Å². The Morgan fingerprint density at radius 2 is 1.90 bits per heavy atom. The minimum atomic E-state index is 0.574. The Balaban J connectivity index is 1.80. The summed E-state index contributed by atoms with van der Waals surface area (Å²) in [6.07, 6.45) is 6.18. The topological polar surface area (TPSA) is 48.2 Å². The maximum Gasteiger partial charge on any atom is 0.228 e. The van der Waals surface area contributed by atoms with Crippen LogP contribution in [-0.4, -0.2) is 16.6 Å². The van der Waals surface area contributed by atoms with Crippen molar-refractivity contribution < 1.29 is 9.15 Å². The first-order chi connectivity index (χ1) is 10.4. The van der Waals surface area contributed by atoms with Crippen LogP contribution < -0.4 is 4.74 Å². The van der Waals surface area contributed by atoms with Crippen LogP contribution in [0.15, 0.2) is 59.4 Å². The molecule has 0 aliphatic rings. The van der Waals surface area contributed by atoms with Gasteiger partial charge in [0.25, 0.3) is 0 Å². The lowest BCUT2D eigenvalue weighted by Gasteiger charge is -2.04. The van der Waals surface area contributed by atoms with Crippen molar-refractivity contribution >= 4 is 0 Å². The molecule has 0 spiro atoms. The van der Waals surface area contributed by atoms with Gasteiger partial charge < -0.3 is 9.15 Å². The van der Waals surface area contributed by atoms with Crippen LogP contribution in [0.1, 0.15) is 13.3 Å². The van der Waals surface area contributed by atoms with E-state index >= 15 is 0 Å². The summed E-state index contributed by atoms with van der Waals surface area (Å²) in [6, 6.07) is 11.6. The first kappa shape index (κ1) is 13.4. The maximum atomic E-state index is 5.78. The van der Waals surface area contributed by atoms with Gasteiger partial charge in [-0.05, 0) is 42.8 Å². The molecule has 106 valence electrons. The molecule has 0 N–H and O–H groups in total. The Hall–Kier alpha value is -2.62. The van der Waals surface area contributed by atoms with E-state index in [1.54, 1.807) is 18.6 Å². The molecule has 0 bridgehead atoms. The Bertz CT molecular complexity index is 690. The maximum absolute atomic E-state index is 5.78. The van der Waals surface area contributed by atoms with E-state index in [-0.39, 0.29) is 0 Å². The molecule has 3 aromatic rings. The van der Waals surface area contributed by atoms with Gasteiger partial charge in [-0.1, -0.05) is 6.92 Å². The zero-order chi connectivity index (χ0) is 14.5. The standard InChI is InChI=1S/C17H16N2O2/c1-2-10-20-15-7-5-13(6-8-15)16-12-19-17(21-16)14-4-3-9-18-11-14/h3-9,11-12H,2,10H2,1H3. The zero-order valence-corrected chi connectivity index (χ0v) is 11.8. The Morgan fingerprint density at radius 1 is 1.05 bits per heavy atom. The average molecular weight is 280 g/mol. The molecule has 0 radical (unpaired) electrons.